The number of unbranched alkanes of at least 4 members (excludes halogenated alkanes) is 2. The van der Waals surface area contributed by atoms with Crippen LogP contribution in [0, 0.1) is 0 Å². The maximum absolute atomic E-state index is 11.6. The van der Waals surface area contributed by atoms with Gasteiger partial charge in [0.25, 0.3) is 5.56 Å². The van der Waals surface area contributed by atoms with Crippen LogP contribution in [0.5, 0.6) is 0 Å². The van der Waals surface area contributed by atoms with Gasteiger partial charge in [-0.05, 0) is 25.0 Å². The van der Waals surface area contributed by atoms with Crippen LogP contribution in [0.1, 0.15) is 31.9 Å². The van der Waals surface area contributed by atoms with Crippen molar-refractivity contribution in [3.8, 4) is 0 Å². The number of rotatable bonds is 4. The zero-order chi connectivity index (χ0) is 12.3. The maximum Gasteiger partial charge on any atom is 0.278 e. The minimum Gasteiger partial charge on any atom is -0.369 e. The number of nitrogens with one attached hydrogen (secondary N) is 1. The van der Waals surface area contributed by atoms with Gasteiger partial charge in [0.2, 0.25) is 5.95 Å². The number of pyridine rings is 1. The van der Waals surface area contributed by atoms with Crippen LogP contribution < -0.4 is 11.3 Å². The fourth-order valence-corrected chi connectivity index (χ4v) is 1.78. The molecule has 0 bridgehead atoms. The molecule has 2 rings (SSSR count). The molecule has 0 unspecified atom stereocenters. The molecule has 0 spiro atoms. The number of nitrogens with zero attached hydrogens (tertiary/aromatic N) is 2. The monoisotopic (exact) mass is 232 g/mol. The van der Waals surface area contributed by atoms with Crippen LogP contribution in [-0.4, -0.2) is 15.0 Å². The summed E-state index contributed by atoms with van der Waals surface area (Å²) in [7, 11) is 0. The van der Waals surface area contributed by atoms with Gasteiger partial charge in [-0.15, -0.1) is 0 Å². The van der Waals surface area contributed by atoms with E-state index in [0.29, 0.717) is 11.0 Å². The van der Waals surface area contributed by atoms with Crippen molar-refractivity contribution in [3.05, 3.63) is 28.2 Å². The van der Waals surface area contributed by atoms with Crippen molar-refractivity contribution in [3.63, 3.8) is 0 Å². The summed E-state index contributed by atoms with van der Waals surface area (Å²) >= 11 is 0. The number of aromatic amines is 1. The molecule has 0 fully saturated rings. The number of fused-ring (bicyclic) bond motifs is 1. The zero-order valence-corrected chi connectivity index (χ0v) is 9.86. The third kappa shape index (κ3) is 2.61. The van der Waals surface area contributed by atoms with Gasteiger partial charge in [-0.1, -0.05) is 19.8 Å². The van der Waals surface area contributed by atoms with Gasteiger partial charge in [-0.2, -0.15) is 0 Å². The Morgan fingerprint density at radius 1 is 1.29 bits per heavy atom. The number of nitrogens with two attached hydrogens (primary N) is 1. The van der Waals surface area contributed by atoms with Crippen molar-refractivity contribution in [1.82, 2.24) is 15.0 Å². The van der Waals surface area contributed by atoms with Crippen molar-refractivity contribution < 1.29 is 0 Å². The molecule has 0 saturated carbocycles. The topological polar surface area (TPSA) is 84.7 Å². The molecule has 17 heavy (non-hydrogen) atoms. The molecular weight excluding hydrogens is 216 g/mol. The predicted octanol–water partition coefficient (Wildman–Crippen LogP) is 1.63. The third-order valence-electron chi connectivity index (χ3n) is 2.67. The van der Waals surface area contributed by atoms with Gasteiger partial charge in [0.05, 0.1) is 5.52 Å². The standard InChI is InChI=1S/C12H16N4O/c1-2-3-4-5-8-6-7-9-10(14-8)11(17)16-12(13)15-9/h6-7H,2-5H2,1H3,(H3,13,15,16,17). The first-order chi connectivity index (χ1) is 8.20. The van der Waals surface area contributed by atoms with E-state index < -0.39 is 0 Å². The molecular formula is C12H16N4O. The van der Waals surface area contributed by atoms with E-state index in [9.17, 15) is 4.79 Å². The van der Waals surface area contributed by atoms with Crippen molar-refractivity contribution >= 4 is 17.0 Å². The van der Waals surface area contributed by atoms with Gasteiger partial charge in [0.15, 0.2) is 5.52 Å². The lowest BCUT2D eigenvalue weighted by molar-refractivity contribution is 0.708. The normalized spacial score (nSPS) is 10.9. The van der Waals surface area contributed by atoms with E-state index in [0.717, 1.165) is 18.5 Å². The molecule has 5 heteroatoms. The molecule has 0 aliphatic heterocycles. The molecule has 0 saturated heterocycles. The highest BCUT2D eigenvalue weighted by Gasteiger charge is 2.04. The number of H-pyrrole nitrogens is 1. The van der Waals surface area contributed by atoms with Gasteiger partial charge in [-0.25, -0.2) is 9.97 Å². The van der Waals surface area contributed by atoms with Crippen LogP contribution in [0.25, 0.3) is 11.0 Å². The van der Waals surface area contributed by atoms with E-state index in [4.69, 9.17) is 5.73 Å². The number of nitrogen functional groups attached to an aromatic ring is 1. The highest BCUT2D eigenvalue weighted by molar-refractivity contribution is 5.73. The second-order valence-electron chi connectivity index (χ2n) is 4.08. The highest BCUT2D eigenvalue weighted by Crippen LogP contribution is 2.09. The van der Waals surface area contributed by atoms with Crippen molar-refractivity contribution in [2.75, 3.05) is 5.73 Å². The number of anilines is 1. The molecule has 0 aliphatic carbocycles. The first-order valence-electron chi connectivity index (χ1n) is 5.86. The van der Waals surface area contributed by atoms with E-state index >= 15 is 0 Å². The molecule has 0 amide bonds. The number of hydrogen-bond donors (Lipinski definition) is 2. The van der Waals surface area contributed by atoms with Crippen LogP contribution in [0.3, 0.4) is 0 Å². The second kappa shape index (κ2) is 4.95. The summed E-state index contributed by atoms with van der Waals surface area (Å²) < 4.78 is 0. The number of aryl methyl sites for hydroxylation is 1. The summed E-state index contributed by atoms with van der Waals surface area (Å²) in [6.07, 6.45) is 4.34. The molecule has 2 aromatic rings. The molecule has 2 heterocycles. The van der Waals surface area contributed by atoms with Crippen molar-refractivity contribution in [1.29, 1.82) is 0 Å². The Bertz CT molecular complexity index is 576. The van der Waals surface area contributed by atoms with Gasteiger partial charge >= 0.3 is 0 Å². The van der Waals surface area contributed by atoms with Crippen LogP contribution in [0.15, 0.2) is 16.9 Å². The lowest BCUT2D eigenvalue weighted by atomic mass is 10.1. The van der Waals surface area contributed by atoms with Crippen molar-refractivity contribution in [2.45, 2.75) is 32.6 Å². The van der Waals surface area contributed by atoms with E-state index in [1.165, 1.54) is 12.8 Å². The molecule has 0 atom stereocenters. The Kier molecular flexibility index (Phi) is 3.37. The van der Waals surface area contributed by atoms with Crippen LogP contribution >= 0.6 is 0 Å². The summed E-state index contributed by atoms with van der Waals surface area (Å²) in [6, 6.07) is 3.71. The Labute approximate surface area is 99.1 Å². The Hall–Kier alpha value is -1.91. The minimum absolute atomic E-state index is 0.128. The fraction of sp³-hybridized carbons (Fsp3) is 0.417. The summed E-state index contributed by atoms with van der Waals surface area (Å²) in [5.41, 5.74) is 7.04. The number of aromatic nitrogens is 3. The molecule has 0 aliphatic rings. The highest BCUT2D eigenvalue weighted by atomic mass is 16.1. The average molecular weight is 232 g/mol. The number of hydrogen-bond acceptors (Lipinski definition) is 4. The first-order valence-corrected chi connectivity index (χ1v) is 5.86. The van der Waals surface area contributed by atoms with Gasteiger partial charge in [0.1, 0.15) is 0 Å². The summed E-state index contributed by atoms with van der Waals surface area (Å²) in [5.74, 6) is 0.128. The zero-order valence-electron chi connectivity index (χ0n) is 9.86. The van der Waals surface area contributed by atoms with E-state index in [1.54, 1.807) is 6.07 Å². The average Bonchev–Trinajstić information content (AvgIpc) is 2.30. The summed E-state index contributed by atoms with van der Waals surface area (Å²) in [6.45, 7) is 2.16. The molecule has 2 aromatic heterocycles. The van der Waals surface area contributed by atoms with E-state index in [1.807, 2.05) is 6.07 Å². The van der Waals surface area contributed by atoms with E-state index in [-0.39, 0.29) is 11.5 Å². The van der Waals surface area contributed by atoms with Gasteiger partial charge < -0.3 is 5.73 Å². The lowest BCUT2D eigenvalue weighted by Crippen LogP contribution is -2.13. The first kappa shape index (κ1) is 11.6. The Morgan fingerprint density at radius 3 is 2.88 bits per heavy atom. The Balaban J connectivity index is 2.33. The third-order valence-corrected chi connectivity index (χ3v) is 2.67. The van der Waals surface area contributed by atoms with E-state index in [2.05, 4.69) is 21.9 Å². The molecule has 0 radical (unpaired) electrons. The molecule has 3 N–H and O–H groups in total. The summed E-state index contributed by atoms with van der Waals surface area (Å²) in [4.78, 5) is 22.5. The minimum atomic E-state index is -0.273. The SMILES string of the molecule is CCCCCc1ccc2nc(N)[nH]c(=O)c2n1. The van der Waals surface area contributed by atoms with Crippen LogP contribution in [0.2, 0.25) is 0 Å². The van der Waals surface area contributed by atoms with Gasteiger partial charge in [-0.3, -0.25) is 9.78 Å². The Morgan fingerprint density at radius 2 is 2.12 bits per heavy atom. The lowest BCUT2D eigenvalue weighted by Gasteiger charge is -2.02. The predicted molar refractivity (Wildman–Crippen MR) is 67.8 cm³/mol. The largest absolute Gasteiger partial charge is 0.369 e. The molecule has 0 aromatic carbocycles. The molecule has 5 nitrogen and oxygen atoms in total. The second-order valence-corrected chi connectivity index (χ2v) is 4.08. The smallest absolute Gasteiger partial charge is 0.278 e. The summed E-state index contributed by atoms with van der Waals surface area (Å²) in [5, 5.41) is 0. The van der Waals surface area contributed by atoms with Crippen molar-refractivity contribution in [2.24, 2.45) is 0 Å². The quantitative estimate of drug-likeness (QED) is 0.785. The van der Waals surface area contributed by atoms with Crippen LogP contribution in [0.4, 0.5) is 5.95 Å². The molecule has 90 valence electrons. The van der Waals surface area contributed by atoms with Gasteiger partial charge in [0, 0.05) is 5.69 Å². The van der Waals surface area contributed by atoms with Crippen LogP contribution in [-0.2, 0) is 6.42 Å². The maximum atomic E-state index is 11.6. The fourth-order valence-electron chi connectivity index (χ4n) is 1.78.